The van der Waals surface area contributed by atoms with Crippen LogP contribution in [0, 0.1) is 0 Å². The fourth-order valence-corrected chi connectivity index (χ4v) is 1.50. The molecule has 0 aromatic carbocycles. The lowest BCUT2D eigenvalue weighted by Crippen LogP contribution is -1.77. The van der Waals surface area contributed by atoms with Gasteiger partial charge in [0.05, 0.1) is 5.52 Å². The molecule has 0 amide bonds. The SMILES string of the molecule is C=C(C)c1c[nH]c2cc(Cl)ncc12. The van der Waals surface area contributed by atoms with Gasteiger partial charge in [0.15, 0.2) is 0 Å². The molecule has 2 rings (SSSR count). The second-order valence-corrected chi connectivity index (χ2v) is 3.42. The van der Waals surface area contributed by atoms with Crippen molar-refractivity contribution < 1.29 is 0 Å². The maximum Gasteiger partial charge on any atom is 0.131 e. The summed E-state index contributed by atoms with van der Waals surface area (Å²) >= 11 is 5.75. The molecule has 0 saturated heterocycles. The van der Waals surface area contributed by atoms with Crippen LogP contribution in [0.3, 0.4) is 0 Å². The van der Waals surface area contributed by atoms with Gasteiger partial charge in [-0.3, -0.25) is 0 Å². The van der Waals surface area contributed by atoms with Crippen molar-refractivity contribution >= 4 is 28.1 Å². The zero-order valence-corrected chi connectivity index (χ0v) is 8.02. The zero-order chi connectivity index (χ0) is 9.42. The van der Waals surface area contributed by atoms with E-state index in [0.717, 1.165) is 22.0 Å². The van der Waals surface area contributed by atoms with E-state index in [2.05, 4.69) is 16.5 Å². The maximum atomic E-state index is 5.75. The van der Waals surface area contributed by atoms with Crippen LogP contribution in [0.25, 0.3) is 16.5 Å². The minimum absolute atomic E-state index is 0.502. The van der Waals surface area contributed by atoms with E-state index < -0.39 is 0 Å². The number of pyridine rings is 1. The summed E-state index contributed by atoms with van der Waals surface area (Å²) in [6.45, 7) is 5.86. The number of rotatable bonds is 1. The Morgan fingerprint density at radius 2 is 2.38 bits per heavy atom. The summed E-state index contributed by atoms with van der Waals surface area (Å²) < 4.78 is 0. The fourth-order valence-electron chi connectivity index (χ4n) is 1.34. The van der Waals surface area contributed by atoms with Crippen LogP contribution in [0.4, 0.5) is 0 Å². The standard InChI is InChI=1S/C10H9ClN2/c1-6(2)7-4-12-9-3-10(11)13-5-8(7)9/h3-5,12H,1H2,2H3. The lowest BCUT2D eigenvalue weighted by Gasteiger charge is -1.95. The third-order valence-electron chi connectivity index (χ3n) is 1.99. The normalized spacial score (nSPS) is 10.6. The number of nitrogens with one attached hydrogen (secondary N) is 1. The highest BCUT2D eigenvalue weighted by Crippen LogP contribution is 2.24. The van der Waals surface area contributed by atoms with E-state index in [4.69, 9.17) is 11.6 Å². The Balaban J connectivity index is 2.76. The second-order valence-electron chi connectivity index (χ2n) is 3.04. The van der Waals surface area contributed by atoms with E-state index in [0.29, 0.717) is 5.15 Å². The van der Waals surface area contributed by atoms with Gasteiger partial charge in [-0.25, -0.2) is 4.98 Å². The first-order valence-electron chi connectivity index (χ1n) is 3.97. The molecular weight excluding hydrogens is 184 g/mol. The highest BCUT2D eigenvalue weighted by molar-refractivity contribution is 6.30. The van der Waals surface area contributed by atoms with Crippen LogP contribution < -0.4 is 0 Å². The van der Waals surface area contributed by atoms with Gasteiger partial charge >= 0.3 is 0 Å². The van der Waals surface area contributed by atoms with E-state index in [1.807, 2.05) is 19.2 Å². The summed E-state index contributed by atoms with van der Waals surface area (Å²) in [5, 5.41) is 1.57. The van der Waals surface area contributed by atoms with Crippen LogP contribution in [0.15, 0.2) is 25.0 Å². The molecule has 0 radical (unpaired) electrons. The molecule has 0 saturated carbocycles. The van der Waals surface area contributed by atoms with Gasteiger partial charge in [0.1, 0.15) is 5.15 Å². The topological polar surface area (TPSA) is 28.7 Å². The van der Waals surface area contributed by atoms with Crippen LogP contribution in [0.1, 0.15) is 12.5 Å². The lowest BCUT2D eigenvalue weighted by atomic mass is 10.1. The number of halogens is 1. The molecule has 0 atom stereocenters. The number of aromatic amines is 1. The summed E-state index contributed by atoms with van der Waals surface area (Å²) in [6.07, 6.45) is 3.68. The maximum absolute atomic E-state index is 5.75. The van der Waals surface area contributed by atoms with Crippen LogP contribution >= 0.6 is 11.6 Å². The van der Waals surface area contributed by atoms with Gasteiger partial charge in [-0.2, -0.15) is 0 Å². The quantitative estimate of drug-likeness (QED) is 0.691. The highest BCUT2D eigenvalue weighted by Gasteiger charge is 2.04. The van der Waals surface area contributed by atoms with Gasteiger partial charge in [-0.15, -0.1) is 0 Å². The minimum atomic E-state index is 0.502. The lowest BCUT2D eigenvalue weighted by molar-refractivity contribution is 1.35. The van der Waals surface area contributed by atoms with E-state index in [-0.39, 0.29) is 0 Å². The molecule has 2 aromatic heterocycles. The average Bonchev–Trinajstić information content (AvgIpc) is 2.46. The summed E-state index contributed by atoms with van der Waals surface area (Å²) in [5.41, 5.74) is 3.12. The van der Waals surface area contributed by atoms with Gasteiger partial charge in [-0.05, 0) is 18.6 Å². The fraction of sp³-hybridized carbons (Fsp3) is 0.100. The summed E-state index contributed by atoms with van der Waals surface area (Å²) in [7, 11) is 0. The molecule has 0 spiro atoms. The van der Waals surface area contributed by atoms with Crippen molar-refractivity contribution in [3.05, 3.63) is 35.8 Å². The zero-order valence-electron chi connectivity index (χ0n) is 7.26. The summed E-state index contributed by atoms with van der Waals surface area (Å²) in [5.74, 6) is 0. The monoisotopic (exact) mass is 192 g/mol. The number of allylic oxidation sites excluding steroid dienone is 1. The molecule has 0 bridgehead atoms. The van der Waals surface area contributed by atoms with Crippen molar-refractivity contribution in [1.82, 2.24) is 9.97 Å². The molecule has 3 heteroatoms. The van der Waals surface area contributed by atoms with Crippen molar-refractivity contribution in [2.45, 2.75) is 6.92 Å². The van der Waals surface area contributed by atoms with Crippen molar-refractivity contribution in [2.24, 2.45) is 0 Å². The number of aromatic nitrogens is 2. The smallest absolute Gasteiger partial charge is 0.131 e. The van der Waals surface area contributed by atoms with E-state index >= 15 is 0 Å². The van der Waals surface area contributed by atoms with Crippen LogP contribution in [0.5, 0.6) is 0 Å². The molecule has 0 aliphatic carbocycles. The van der Waals surface area contributed by atoms with Crippen molar-refractivity contribution in [3.63, 3.8) is 0 Å². The first-order chi connectivity index (χ1) is 6.18. The van der Waals surface area contributed by atoms with Crippen molar-refractivity contribution in [2.75, 3.05) is 0 Å². The Hall–Kier alpha value is -1.28. The number of fused-ring (bicyclic) bond motifs is 1. The second kappa shape index (κ2) is 2.89. The predicted molar refractivity (Wildman–Crippen MR) is 55.8 cm³/mol. The summed E-state index contributed by atoms with van der Waals surface area (Å²) in [4.78, 5) is 7.15. The number of hydrogen-bond donors (Lipinski definition) is 1. The van der Waals surface area contributed by atoms with Gasteiger partial charge < -0.3 is 4.98 Å². The molecule has 2 heterocycles. The van der Waals surface area contributed by atoms with Crippen LogP contribution in [0.2, 0.25) is 5.15 Å². The Bertz CT molecular complexity index is 471. The third kappa shape index (κ3) is 1.33. The molecule has 0 aliphatic heterocycles. The number of hydrogen-bond acceptors (Lipinski definition) is 1. The average molecular weight is 193 g/mol. The molecular formula is C10H9ClN2. The van der Waals surface area contributed by atoms with Crippen molar-refractivity contribution in [1.29, 1.82) is 0 Å². The van der Waals surface area contributed by atoms with Crippen molar-refractivity contribution in [3.8, 4) is 0 Å². The Kier molecular flexibility index (Phi) is 1.85. The largest absolute Gasteiger partial charge is 0.360 e. The van der Waals surface area contributed by atoms with E-state index in [1.165, 1.54) is 0 Å². The van der Waals surface area contributed by atoms with Gasteiger partial charge in [0, 0.05) is 23.3 Å². The summed E-state index contributed by atoms with van der Waals surface area (Å²) in [6, 6.07) is 1.81. The van der Waals surface area contributed by atoms with Crippen LogP contribution in [-0.2, 0) is 0 Å². The van der Waals surface area contributed by atoms with E-state index in [9.17, 15) is 0 Å². The Morgan fingerprint density at radius 3 is 3.08 bits per heavy atom. The molecule has 0 unspecified atom stereocenters. The first-order valence-corrected chi connectivity index (χ1v) is 4.35. The minimum Gasteiger partial charge on any atom is -0.360 e. The molecule has 1 N–H and O–H groups in total. The van der Waals surface area contributed by atoms with Crippen LogP contribution in [-0.4, -0.2) is 9.97 Å². The highest BCUT2D eigenvalue weighted by atomic mass is 35.5. The number of nitrogens with zero attached hydrogens (tertiary/aromatic N) is 1. The number of H-pyrrole nitrogens is 1. The first kappa shape index (κ1) is 8.32. The molecule has 2 aromatic rings. The molecule has 13 heavy (non-hydrogen) atoms. The Morgan fingerprint density at radius 1 is 1.62 bits per heavy atom. The van der Waals surface area contributed by atoms with Gasteiger partial charge in [0.25, 0.3) is 0 Å². The third-order valence-corrected chi connectivity index (χ3v) is 2.20. The molecule has 2 nitrogen and oxygen atoms in total. The van der Waals surface area contributed by atoms with Gasteiger partial charge in [0.2, 0.25) is 0 Å². The molecule has 66 valence electrons. The van der Waals surface area contributed by atoms with Gasteiger partial charge in [-0.1, -0.05) is 18.2 Å². The Labute approximate surface area is 81.3 Å². The molecule has 0 aliphatic rings. The molecule has 0 fully saturated rings. The van der Waals surface area contributed by atoms with E-state index in [1.54, 1.807) is 6.20 Å². The predicted octanol–water partition coefficient (Wildman–Crippen LogP) is 3.25.